The maximum Gasteiger partial charge on any atom is 0.411 e. The normalized spacial score (nSPS) is 10.9. The molecule has 162 valence electrons. The second kappa shape index (κ2) is 8.06. The van der Waals surface area contributed by atoms with E-state index in [1.54, 1.807) is 0 Å². The third kappa shape index (κ3) is 3.73. The van der Waals surface area contributed by atoms with Crippen molar-refractivity contribution in [3.05, 3.63) is 78.3 Å². The summed E-state index contributed by atoms with van der Waals surface area (Å²) >= 11 is 0. The summed E-state index contributed by atoms with van der Waals surface area (Å²) in [6, 6.07) is 10.8. The highest BCUT2D eigenvalue weighted by molar-refractivity contribution is 6.09. The van der Waals surface area contributed by atoms with Crippen LogP contribution in [0.1, 0.15) is 10.5 Å². The van der Waals surface area contributed by atoms with Gasteiger partial charge >= 0.3 is 6.09 Å². The number of carbonyl (C=O) groups is 2. The van der Waals surface area contributed by atoms with Gasteiger partial charge in [-0.05, 0) is 48.5 Å². The number of anilines is 2. The van der Waals surface area contributed by atoms with Crippen molar-refractivity contribution in [1.29, 1.82) is 0 Å². The predicted molar refractivity (Wildman–Crippen MR) is 114 cm³/mol. The first-order chi connectivity index (χ1) is 15.3. The third-order valence-corrected chi connectivity index (χ3v) is 4.98. The zero-order valence-corrected chi connectivity index (χ0v) is 17.0. The fourth-order valence-corrected chi connectivity index (χ4v) is 3.16. The smallest absolute Gasteiger partial charge is 0.411 e. The highest BCUT2D eigenvalue weighted by atomic mass is 19.1. The van der Waals surface area contributed by atoms with Gasteiger partial charge in [0.1, 0.15) is 23.0 Å². The zero-order chi connectivity index (χ0) is 23.0. The highest BCUT2D eigenvalue weighted by Gasteiger charge is 2.26. The van der Waals surface area contributed by atoms with Gasteiger partial charge in [-0.2, -0.15) is 0 Å². The molecule has 0 aliphatic carbocycles. The van der Waals surface area contributed by atoms with Crippen LogP contribution in [-0.2, 0) is 0 Å². The summed E-state index contributed by atoms with van der Waals surface area (Å²) in [6.45, 7) is 0. The summed E-state index contributed by atoms with van der Waals surface area (Å²) in [5.74, 6) is -1.23. The summed E-state index contributed by atoms with van der Waals surface area (Å²) in [7, 11) is 2.86. The maximum atomic E-state index is 13.5. The Morgan fingerprint density at radius 1 is 0.906 bits per heavy atom. The molecule has 0 radical (unpaired) electrons. The lowest BCUT2D eigenvalue weighted by Gasteiger charge is -2.18. The minimum atomic E-state index is -1.21. The number of fused-ring (bicyclic) bond motifs is 1. The molecule has 0 unspecified atom stereocenters. The molecule has 0 spiro atoms. The zero-order valence-electron chi connectivity index (χ0n) is 17.0. The molecular formula is C22H17F2N5O3. The molecule has 0 aliphatic rings. The Balaban J connectivity index is 1.91. The fraction of sp³-hybridized carbons (Fsp3) is 0.0909. The third-order valence-electron chi connectivity index (χ3n) is 4.98. The van der Waals surface area contributed by atoms with Crippen LogP contribution in [0.25, 0.3) is 17.0 Å². The van der Waals surface area contributed by atoms with Crippen molar-refractivity contribution in [3.63, 3.8) is 0 Å². The molecule has 2 amide bonds. The van der Waals surface area contributed by atoms with E-state index in [0.717, 1.165) is 4.90 Å². The standard InChI is InChI=1S/C22H17F2N5O3/c1-27(16-9-7-15(24)8-10-16)20(30)19-18(13-3-5-14(23)6-4-13)26-21-25-11-17(12-29(19)21)28(2)22(31)32/h3-12H,1-2H3,(H,31,32). The van der Waals surface area contributed by atoms with E-state index in [9.17, 15) is 23.5 Å². The summed E-state index contributed by atoms with van der Waals surface area (Å²) in [5.41, 5.74) is 1.45. The van der Waals surface area contributed by atoms with Crippen LogP contribution in [0.4, 0.5) is 25.0 Å². The number of aromatic nitrogens is 3. The first kappa shape index (κ1) is 20.9. The molecule has 0 saturated heterocycles. The molecule has 0 bridgehead atoms. The summed E-state index contributed by atoms with van der Waals surface area (Å²) in [6.07, 6.45) is 1.55. The monoisotopic (exact) mass is 437 g/mol. The molecule has 4 aromatic rings. The van der Waals surface area contributed by atoms with Gasteiger partial charge in [0, 0.05) is 31.5 Å². The van der Waals surface area contributed by atoms with Gasteiger partial charge < -0.3 is 10.0 Å². The van der Waals surface area contributed by atoms with Gasteiger partial charge in [0.15, 0.2) is 0 Å². The lowest BCUT2D eigenvalue weighted by atomic mass is 10.1. The number of imidazole rings is 1. The topological polar surface area (TPSA) is 91.0 Å². The Hall–Kier alpha value is -4.34. The average molecular weight is 437 g/mol. The molecule has 1 N–H and O–H groups in total. The SMILES string of the molecule is CN(C(=O)O)c1cnc2nc(-c3ccc(F)cc3)c(C(=O)N(C)c3ccc(F)cc3)n2c1. The van der Waals surface area contributed by atoms with E-state index in [-0.39, 0.29) is 22.9 Å². The van der Waals surface area contributed by atoms with E-state index >= 15 is 0 Å². The van der Waals surface area contributed by atoms with E-state index in [1.807, 2.05) is 0 Å². The lowest BCUT2D eigenvalue weighted by molar-refractivity contribution is 0.0988. The summed E-state index contributed by atoms with van der Waals surface area (Å²) in [4.78, 5) is 35.8. The Kier molecular flexibility index (Phi) is 5.27. The number of amides is 2. The second-order valence-electron chi connectivity index (χ2n) is 6.98. The van der Waals surface area contributed by atoms with Crippen molar-refractivity contribution in [2.45, 2.75) is 0 Å². The molecule has 4 rings (SSSR count). The van der Waals surface area contributed by atoms with Gasteiger partial charge in [-0.1, -0.05) is 0 Å². The average Bonchev–Trinajstić information content (AvgIpc) is 3.17. The van der Waals surface area contributed by atoms with Crippen LogP contribution in [0.5, 0.6) is 0 Å². The van der Waals surface area contributed by atoms with E-state index in [1.165, 1.54) is 84.3 Å². The largest absolute Gasteiger partial charge is 0.465 e. The van der Waals surface area contributed by atoms with Gasteiger partial charge in [0.25, 0.3) is 5.91 Å². The van der Waals surface area contributed by atoms with E-state index in [4.69, 9.17) is 0 Å². The first-order valence-electron chi connectivity index (χ1n) is 9.40. The van der Waals surface area contributed by atoms with Gasteiger partial charge in [-0.15, -0.1) is 0 Å². The van der Waals surface area contributed by atoms with Gasteiger partial charge in [0.2, 0.25) is 5.78 Å². The lowest BCUT2D eigenvalue weighted by Crippen LogP contribution is -2.28. The number of halogens is 2. The predicted octanol–water partition coefficient (Wildman–Crippen LogP) is 4.07. The molecule has 2 aromatic carbocycles. The summed E-state index contributed by atoms with van der Waals surface area (Å²) < 4.78 is 28.2. The molecule has 0 aliphatic heterocycles. The number of carbonyl (C=O) groups excluding carboxylic acids is 1. The number of nitrogens with zero attached hydrogens (tertiary/aromatic N) is 5. The van der Waals surface area contributed by atoms with Crippen LogP contribution >= 0.6 is 0 Å². The Morgan fingerprint density at radius 2 is 1.50 bits per heavy atom. The molecule has 0 fully saturated rings. The maximum absolute atomic E-state index is 13.5. The van der Waals surface area contributed by atoms with Crippen LogP contribution in [0.3, 0.4) is 0 Å². The van der Waals surface area contributed by atoms with Gasteiger partial charge in [-0.25, -0.2) is 23.5 Å². The van der Waals surface area contributed by atoms with Crippen LogP contribution in [0.15, 0.2) is 60.9 Å². The molecule has 2 aromatic heterocycles. The van der Waals surface area contributed by atoms with Crippen molar-refractivity contribution < 1.29 is 23.5 Å². The molecule has 10 heteroatoms. The van der Waals surface area contributed by atoms with Crippen molar-refractivity contribution in [2.24, 2.45) is 0 Å². The molecular weight excluding hydrogens is 420 g/mol. The molecule has 0 saturated carbocycles. The number of hydrogen-bond acceptors (Lipinski definition) is 4. The van der Waals surface area contributed by atoms with E-state index in [2.05, 4.69) is 9.97 Å². The minimum absolute atomic E-state index is 0.0894. The Bertz CT molecular complexity index is 1320. The molecule has 0 atom stereocenters. The Labute approximate surface area is 181 Å². The molecule has 8 nitrogen and oxygen atoms in total. The number of hydrogen-bond donors (Lipinski definition) is 1. The van der Waals surface area contributed by atoms with E-state index in [0.29, 0.717) is 11.3 Å². The quantitative estimate of drug-likeness (QED) is 0.520. The number of carboxylic acid groups (broad SMARTS) is 1. The van der Waals surface area contributed by atoms with Gasteiger partial charge in [0.05, 0.1) is 11.9 Å². The fourth-order valence-electron chi connectivity index (χ4n) is 3.16. The molecule has 32 heavy (non-hydrogen) atoms. The minimum Gasteiger partial charge on any atom is -0.465 e. The van der Waals surface area contributed by atoms with E-state index < -0.39 is 23.6 Å². The molecule has 2 heterocycles. The van der Waals surface area contributed by atoms with Crippen LogP contribution in [0, 0.1) is 11.6 Å². The van der Waals surface area contributed by atoms with Crippen LogP contribution < -0.4 is 9.80 Å². The van der Waals surface area contributed by atoms with Gasteiger partial charge in [-0.3, -0.25) is 14.1 Å². The number of benzene rings is 2. The summed E-state index contributed by atoms with van der Waals surface area (Å²) in [5, 5.41) is 9.29. The number of rotatable bonds is 4. The Morgan fingerprint density at radius 3 is 2.09 bits per heavy atom. The van der Waals surface area contributed by atoms with Crippen molar-refractivity contribution in [2.75, 3.05) is 23.9 Å². The second-order valence-corrected chi connectivity index (χ2v) is 6.98. The van der Waals surface area contributed by atoms with Crippen molar-refractivity contribution >= 4 is 29.2 Å². The van der Waals surface area contributed by atoms with Crippen LogP contribution in [-0.4, -0.2) is 45.6 Å². The first-order valence-corrected chi connectivity index (χ1v) is 9.40. The van der Waals surface area contributed by atoms with Crippen molar-refractivity contribution in [1.82, 2.24) is 14.4 Å². The van der Waals surface area contributed by atoms with Crippen molar-refractivity contribution in [3.8, 4) is 11.3 Å². The van der Waals surface area contributed by atoms with Crippen LogP contribution in [0.2, 0.25) is 0 Å². The highest BCUT2D eigenvalue weighted by Crippen LogP contribution is 2.28.